The van der Waals surface area contributed by atoms with Crippen molar-refractivity contribution in [2.75, 3.05) is 5.75 Å². The van der Waals surface area contributed by atoms with Crippen LogP contribution in [-0.2, 0) is 33.6 Å². The van der Waals surface area contributed by atoms with Gasteiger partial charge in [-0.25, -0.2) is 4.79 Å². The highest BCUT2D eigenvalue weighted by atomic mass is 32.1. The van der Waals surface area contributed by atoms with Crippen molar-refractivity contribution in [3.63, 3.8) is 0 Å². The molecule has 0 spiro atoms. The summed E-state index contributed by atoms with van der Waals surface area (Å²) in [5.74, 6) is -7.99. The number of carbonyl (C=O) groups is 7. The molecule has 0 saturated carbocycles. The molecule has 0 aliphatic heterocycles. The van der Waals surface area contributed by atoms with Crippen LogP contribution in [0.4, 0.5) is 0 Å². The van der Waals surface area contributed by atoms with Crippen molar-refractivity contribution in [2.24, 2.45) is 17.2 Å². The van der Waals surface area contributed by atoms with Crippen molar-refractivity contribution >= 4 is 54.1 Å². The highest BCUT2D eigenvalue weighted by Crippen LogP contribution is 2.03. The minimum atomic E-state index is -1.71. The Morgan fingerprint density at radius 2 is 1.22 bits per heavy atom. The molecule has 0 aromatic rings. The number of rotatable bonds is 15. The van der Waals surface area contributed by atoms with E-state index in [0.717, 1.165) is 0 Å². The van der Waals surface area contributed by atoms with E-state index in [-0.39, 0.29) is 5.75 Å². The Morgan fingerprint density at radius 3 is 1.66 bits per heavy atom. The van der Waals surface area contributed by atoms with Crippen LogP contribution in [-0.4, -0.2) is 81.6 Å². The third-order valence-electron chi connectivity index (χ3n) is 3.87. The van der Waals surface area contributed by atoms with Crippen LogP contribution >= 0.6 is 12.6 Å². The number of nitrogens with one attached hydrogen (secondary N) is 3. The first kappa shape index (κ1) is 28.6. The molecule has 180 valence electrons. The van der Waals surface area contributed by atoms with Crippen molar-refractivity contribution < 1.29 is 43.8 Å². The van der Waals surface area contributed by atoms with E-state index in [1.165, 1.54) is 0 Å². The zero-order valence-corrected chi connectivity index (χ0v) is 17.7. The molecule has 0 radical (unpaired) electrons. The van der Waals surface area contributed by atoms with Gasteiger partial charge in [-0.1, -0.05) is 0 Å². The Bertz CT molecular complexity index is 762. The topological polar surface area (TPSA) is 274 Å². The number of hydrogen-bond donors (Lipinski definition) is 9. The molecule has 0 aliphatic rings. The van der Waals surface area contributed by atoms with Crippen LogP contribution in [0.15, 0.2) is 0 Å². The van der Waals surface area contributed by atoms with E-state index in [0.29, 0.717) is 0 Å². The summed E-state index contributed by atoms with van der Waals surface area (Å²) < 4.78 is 0. The zero-order valence-electron chi connectivity index (χ0n) is 16.8. The number of amides is 5. The Kier molecular flexibility index (Phi) is 12.3. The van der Waals surface area contributed by atoms with Gasteiger partial charge in [0, 0.05) is 12.2 Å². The van der Waals surface area contributed by atoms with E-state index in [1.54, 1.807) is 0 Å². The molecule has 0 rings (SSSR count). The molecular formula is C16H26N6O9S. The molecule has 16 heteroatoms. The molecule has 0 saturated heterocycles. The lowest BCUT2D eigenvalue weighted by molar-refractivity contribution is -0.144. The predicted molar refractivity (Wildman–Crippen MR) is 110 cm³/mol. The minimum Gasteiger partial charge on any atom is -0.481 e. The fourth-order valence-corrected chi connectivity index (χ4v) is 2.52. The van der Waals surface area contributed by atoms with E-state index < -0.39 is 91.3 Å². The van der Waals surface area contributed by atoms with Crippen molar-refractivity contribution in [3.05, 3.63) is 0 Å². The fourth-order valence-electron chi connectivity index (χ4n) is 2.26. The predicted octanol–water partition coefficient (Wildman–Crippen LogP) is -4.60. The first-order valence-electron chi connectivity index (χ1n) is 9.07. The monoisotopic (exact) mass is 478 g/mol. The summed E-state index contributed by atoms with van der Waals surface area (Å²) in [4.78, 5) is 80.8. The first-order valence-corrected chi connectivity index (χ1v) is 9.70. The molecule has 11 N–H and O–H groups in total. The Balaban J connectivity index is 5.37. The number of primary amides is 2. The Morgan fingerprint density at radius 1 is 0.750 bits per heavy atom. The quantitative estimate of drug-likeness (QED) is 0.102. The molecule has 0 aromatic heterocycles. The molecule has 4 unspecified atom stereocenters. The summed E-state index contributed by atoms with van der Waals surface area (Å²) >= 11 is 3.92. The van der Waals surface area contributed by atoms with E-state index in [2.05, 4.69) is 23.3 Å². The summed E-state index contributed by atoms with van der Waals surface area (Å²) in [6.07, 6.45) is -2.25. The SMILES string of the molecule is NC(=O)CC(N)C(=O)NC(CS)C(=O)NC(CCC(=O)O)C(=O)NC(CC(N)=O)C(=O)O. The van der Waals surface area contributed by atoms with Crippen LogP contribution in [0, 0.1) is 0 Å². The normalized spacial score (nSPS) is 14.2. The van der Waals surface area contributed by atoms with Gasteiger partial charge in [0.05, 0.1) is 18.9 Å². The lowest BCUT2D eigenvalue weighted by Gasteiger charge is -2.24. The lowest BCUT2D eigenvalue weighted by Crippen LogP contribution is -2.58. The van der Waals surface area contributed by atoms with E-state index in [4.69, 9.17) is 27.4 Å². The molecule has 15 nitrogen and oxygen atoms in total. The average Bonchev–Trinajstić information content (AvgIpc) is 2.66. The molecule has 0 bridgehead atoms. The minimum absolute atomic E-state index is 0.270. The molecule has 0 fully saturated rings. The van der Waals surface area contributed by atoms with E-state index in [9.17, 15) is 33.6 Å². The molecule has 0 aromatic carbocycles. The second-order valence-electron chi connectivity index (χ2n) is 6.58. The number of aliphatic carboxylic acids is 2. The second kappa shape index (κ2) is 13.8. The lowest BCUT2D eigenvalue weighted by atomic mass is 10.1. The van der Waals surface area contributed by atoms with E-state index in [1.807, 2.05) is 5.32 Å². The van der Waals surface area contributed by atoms with Crippen molar-refractivity contribution in [1.29, 1.82) is 0 Å². The third kappa shape index (κ3) is 11.1. The summed E-state index contributed by atoms with van der Waals surface area (Å²) in [5.41, 5.74) is 15.4. The van der Waals surface area contributed by atoms with Gasteiger partial charge < -0.3 is 43.4 Å². The first-order chi connectivity index (χ1) is 14.8. The number of carboxylic acid groups (broad SMARTS) is 2. The van der Waals surface area contributed by atoms with Crippen molar-refractivity contribution in [3.8, 4) is 0 Å². The largest absolute Gasteiger partial charge is 0.481 e. The number of nitrogens with two attached hydrogens (primary N) is 3. The molecule has 0 heterocycles. The Hall–Kier alpha value is -3.40. The summed E-state index contributed by atoms with van der Waals surface area (Å²) in [7, 11) is 0. The maximum Gasteiger partial charge on any atom is 0.326 e. The summed E-state index contributed by atoms with van der Waals surface area (Å²) in [6.45, 7) is 0. The number of carboxylic acids is 2. The molecular weight excluding hydrogens is 452 g/mol. The summed E-state index contributed by atoms with van der Waals surface area (Å²) in [5, 5.41) is 24.3. The van der Waals surface area contributed by atoms with Gasteiger partial charge >= 0.3 is 11.9 Å². The van der Waals surface area contributed by atoms with Gasteiger partial charge in [-0.3, -0.25) is 28.8 Å². The van der Waals surface area contributed by atoms with Gasteiger partial charge in [-0.05, 0) is 6.42 Å². The molecule has 5 amide bonds. The van der Waals surface area contributed by atoms with Gasteiger partial charge in [-0.2, -0.15) is 12.6 Å². The van der Waals surface area contributed by atoms with Crippen LogP contribution in [0.25, 0.3) is 0 Å². The number of hydrogen-bond acceptors (Lipinski definition) is 9. The van der Waals surface area contributed by atoms with Gasteiger partial charge in [0.15, 0.2) is 0 Å². The van der Waals surface area contributed by atoms with Crippen LogP contribution in [0.5, 0.6) is 0 Å². The summed E-state index contributed by atoms with van der Waals surface area (Å²) in [6, 6.07) is -5.94. The average molecular weight is 478 g/mol. The van der Waals surface area contributed by atoms with Crippen LogP contribution in [0.3, 0.4) is 0 Å². The Labute approximate surface area is 187 Å². The van der Waals surface area contributed by atoms with Crippen LogP contribution < -0.4 is 33.2 Å². The van der Waals surface area contributed by atoms with Crippen LogP contribution in [0.1, 0.15) is 25.7 Å². The fraction of sp³-hybridized carbons (Fsp3) is 0.562. The third-order valence-corrected chi connectivity index (χ3v) is 4.24. The van der Waals surface area contributed by atoms with Crippen molar-refractivity contribution in [1.82, 2.24) is 16.0 Å². The maximum atomic E-state index is 12.5. The van der Waals surface area contributed by atoms with Gasteiger partial charge in [0.2, 0.25) is 29.5 Å². The smallest absolute Gasteiger partial charge is 0.326 e. The van der Waals surface area contributed by atoms with Gasteiger partial charge in [0.25, 0.3) is 0 Å². The van der Waals surface area contributed by atoms with Gasteiger partial charge in [0.1, 0.15) is 18.1 Å². The van der Waals surface area contributed by atoms with E-state index >= 15 is 0 Å². The molecule has 4 atom stereocenters. The van der Waals surface area contributed by atoms with Crippen LogP contribution in [0.2, 0.25) is 0 Å². The standard InChI is InChI=1S/C16H26N6O9S/c17-6(3-10(18)23)13(27)22-9(5-32)15(29)20-7(1-2-12(25)26)14(28)21-8(16(30)31)4-11(19)24/h6-9,32H,1-5,17H2,(H2,18,23)(H2,19,24)(H,20,29)(H,21,28)(H,22,27)(H,25,26)(H,30,31). The second-order valence-corrected chi connectivity index (χ2v) is 6.95. The number of carbonyl (C=O) groups excluding carboxylic acids is 5. The highest BCUT2D eigenvalue weighted by molar-refractivity contribution is 7.80. The zero-order chi connectivity index (χ0) is 25.0. The highest BCUT2D eigenvalue weighted by Gasteiger charge is 2.31. The van der Waals surface area contributed by atoms with Crippen molar-refractivity contribution in [2.45, 2.75) is 49.9 Å². The molecule has 0 aliphatic carbocycles. The number of thiol groups is 1. The molecule has 32 heavy (non-hydrogen) atoms. The maximum absolute atomic E-state index is 12.5. The van der Waals surface area contributed by atoms with Gasteiger partial charge in [-0.15, -0.1) is 0 Å².